The number of amides is 1. The maximum absolute atomic E-state index is 11.6. The van der Waals surface area contributed by atoms with Gasteiger partial charge in [-0.3, -0.25) is 4.79 Å². The standard InChI is InChI=1S/C13H15N3O2S/c1-9-4-3-5-10(2)12(9)18-7-6-11(17)15-13-16-14-8-19-13/h3-5,8H,6-7H2,1-2H3,(H,15,16,17). The Hall–Kier alpha value is -1.95. The van der Waals surface area contributed by atoms with Gasteiger partial charge >= 0.3 is 0 Å². The Morgan fingerprint density at radius 2 is 2.11 bits per heavy atom. The summed E-state index contributed by atoms with van der Waals surface area (Å²) in [5.74, 6) is 0.731. The molecule has 19 heavy (non-hydrogen) atoms. The van der Waals surface area contributed by atoms with E-state index in [2.05, 4.69) is 15.5 Å². The van der Waals surface area contributed by atoms with E-state index in [4.69, 9.17) is 4.74 Å². The van der Waals surface area contributed by atoms with Crippen LogP contribution in [0.15, 0.2) is 23.7 Å². The number of para-hydroxylation sites is 1. The summed E-state index contributed by atoms with van der Waals surface area (Å²) in [6.07, 6.45) is 0.285. The van der Waals surface area contributed by atoms with Gasteiger partial charge in [-0.1, -0.05) is 29.5 Å². The van der Waals surface area contributed by atoms with Crippen LogP contribution in [-0.4, -0.2) is 22.7 Å². The first-order valence-electron chi connectivity index (χ1n) is 5.92. The van der Waals surface area contributed by atoms with Gasteiger partial charge in [0, 0.05) is 0 Å². The molecule has 0 saturated carbocycles. The third-order valence-corrected chi connectivity index (χ3v) is 3.20. The molecule has 1 heterocycles. The Labute approximate surface area is 115 Å². The van der Waals surface area contributed by atoms with Crippen LogP contribution in [0.4, 0.5) is 5.13 Å². The first-order chi connectivity index (χ1) is 9.16. The molecule has 0 radical (unpaired) electrons. The molecule has 0 atom stereocenters. The second-order valence-corrected chi connectivity index (χ2v) is 4.94. The zero-order chi connectivity index (χ0) is 13.7. The topological polar surface area (TPSA) is 64.1 Å². The fourth-order valence-corrected chi connectivity index (χ4v) is 2.14. The Kier molecular flexibility index (Phi) is 4.46. The summed E-state index contributed by atoms with van der Waals surface area (Å²) < 4.78 is 5.66. The zero-order valence-electron chi connectivity index (χ0n) is 10.8. The van der Waals surface area contributed by atoms with Gasteiger partial charge in [0.15, 0.2) is 0 Å². The van der Waals surface area contributed by atoms with Gasteiger partial charge in [0.05, 0.1) is 13.0 Å². The van der Waals surface area contributed by atoms with E-state index in [-0.39, 0.29) is 12.3 Å². The van der Waals surface area contributed by atoms with Gasteiger partial charge in [0.1, 0.15) is 11.3 Å². The predicted octanol–water partition coefficient (Wildman–Crippen LogP) is 2.56. The number of carbonyl (C=O) groups is 1. The minimum Gasteiger partial charge on any atom is -0.493 e. The summed E-state index contributed by atoms with van der Waals surface area (Å²) in [7, 11) is 0. The summed E-state index contributed by atoms with van der Waals surface area (Å²) in [6, 6.07) is 5.97. The lowest BCUT2D eigenvalue weighted by molar-refractivity contribution is -0.116. The Bertz CT molecular complexity index is 535. The summed E-state index contributed by atoms with van der Waals surface area (Å²) in [5, 5.41) is 10.6. The maximum atomic E-state index is 11.6. The van der Waals surface area contributed by atoms with E-state index in [1.807, 2.05) is 32.0 Å². The SMILES string of the molecule is Cc1cccc(C)c1OCCC(=O)Nc1nncs1. The second-order valence-electron chi connectivity index (χ2n) is 4.11. The first kappa shape index (κ1) is 13.5. The number of carbonyl (C=O) groups excluding carboxylic acids is 1. The molecule has 0 aliphatic heterocycles. The zero-order valence-corrected chi connectivity index (χ0v) is 11.7. The molecular formula is C13H15N3O2S. The number of hydrogen-bond donors (Lipinski definition) is 1. The number of aromatic nitrogens is 2. The van der Waals surface area contributed by atoms with Crippen LogP contribution in [0, 0.1) is 13.8 Å². The van der Waals surface area contributed by atoms with E-state index in [0.29, 0.717) is 11.7 Å². The van der Waals surface area contributed by atoms with Crippen LogP contribution >= 0.6 is 11.3 Å². The largest absolute Gasteiger partial charge is 0.493 e. The highest BCUT2D eigenvalue weighted by molar-refractivity contribution is 7.13. The molecule has 2 rings (SSSR count). The maximum Gasteiger partial charge on any atom is 0.229 e. The third-order valence-electron chi connectivity index (χ3n) is 2.59. The quantitative estimate of drug-likeness (QED) is 0.912. The predicted molar refractivity (Wildman–Crippen MR) is 74.6 cm³/mol. The van der Waals surface area contributed by atoms with Crippen molar-refractivity contribution in [3.05, 3.63) is 34.8 Å². The van der Waals surface area contributed by atoms with Gasteiger partial charge < -0.3 is 10.1 Å². The van der Waals surface area contributed by atoms with E-state index < -0.39 is 0 Å². The van der Waals surface area contributed by atoms with Crippen LogP contribution in [0.5, 0.6) is 5.75 Å². The molecular weight excluding hydrogens is 262 g/mol. The van der Waals surface area contributed by atoms with Crippen molar-refractivity contribution in [3.63, 3.8) is 0 Å². The number of ether oxygens (including phenoxy) is 1. The molecule has 0 bridgehead atoms. The fourth-order valence-electron chi connectivity index (χ4n) is 1.68. The van der Waals surface area contributed by atoms with Crippen molar-refractivity contribution in [2.45, 2.75) is 20.3 Å². The molecule has 1 aromatic carbocycles. The van der Waals surface area contributed by atoms with Crippen molar-refractivity contribution in [1.29, 1.82) is 0 Å². The van der Waals surface area contributed by atoms with Gasteiger partial charge in [-0.05, 0) is 25.0 Å². The number of anilines is 1. The molecule has 6 heteroatoms. The van der Waals surface area contributed by atoms with Crippen LogP contribution in [0.1, 0.15) is 17.5 Å². The Morgan fingerprint density at radius 3 is 2.74 bits per heavy atom. The van der Waals surface area contributed by atoms with Gasteiger partial charge in [0.25, 0.3) is 0 Å². The fraction of sp³-hybridized carbons (Fsp3) is 0.308. The molecule has 0 saturated heterocycles. The summed E-state index contributed by atoms with van der Waals surface area (Å²) in [5.41, 5.74) is 3.72. The van der Waals surface area contributed by atoms with Crippen molar-refractivity contribution in [2.24, 2.45) is 0 Å². The van der Waals surface area contributed by atoms with Crippen molar-refractivity contribution in [1.82, 2.24) is 10.2 Å². The van der Waals surface area contributed by atoms with Crippen molar-refractivity contribution < 1.29 is 9.53 Å². The van der Waals surface area contributed by atoms with Crippen LogP contribution in [-0.2, 0) is 4.79 Å². The van der Waals surface area contributed by atoms with E-state index in [9.17, 15) is 4.79 Å². The number of benzene rings is 1. The van der Waals surface area contributed by atoms with Gasteiger partial charge in [-0.25, -0.2) is 0 Å². The molecule has 0 spiro atoms. The smallest absolute Gasteiger partial charge is 0.229 e. The van der Waals surface area contributed by atoms with Crippen molar-refractivity contribution >= 4 is 22.4 Å². The highest BCUT2D eigenvalue weighted by Gasteiger charge is 2.07. The summed E-state index contributed by atoms with van der Waals surface area (Å²) in [6.45, 7) is 4.32. The minimum atomic E-state index is -0.122. The molecule has 2 aromatic rings. The molecule has 0 aliphatic carbocycles. The van der Waals surface area contributed by atoms with Crippen molar-refractivity contribution in [3.8, 4) is 5.75 Å². The normalized spacial score (nSPS) is 10.2. The molecule has 100 valence electrons. The number of hydrogen-bond acceptors (Lipinski definition) is 5. The minimum absolute atomic E-state index is 0.122. The lowest BCUT2D eigenvalue weighted by Gasteiger charge is -2.11. The molecule has 0 fully saturated rings. The highest BCUT2D eigenvalue weighted by Crippen LogP contribution is 2.22. The van der Waals surface area contributed by atoms with Gasteiger partial charge in [-0.15, -0.1) is 10.2 Å². The lowest BCUT2D eigenvalue weighted by atomic mass is 10.1. The van der Waals surface area contributed by atoms with Crippen LogP contribution in [0.2, 0.25) is 0 Å². The monoisotopic (exact) mass is 277 g/mol. The van der Waals surface area contributed by atoms with Crippen LogP contribution in [0.3, 0.4) is 0 Å². The van der Waals surface area contributed by atoms with E-state index in [0.717, 1.165) is 16.9 Å². The van der Waals surface area contributed by atoms with Gasteiger partial charge in [0.2, 0.25) is 11.0 Å². The second kappa shape index (κ2) is 6.29. The number of aryl methyl sites for hydroxylation is 2. The molecule has 1 N–H and O–H groups in total. The number of nitrogens with one attached hydrogen (secondary N) is 1. The molecule has 1 amide bonds. The Balaban J connectivity index is 1.82. The first-order valence-corrected chi connectivity index (χ1v) is 6.80. The van der Waals surface area contributed by atoms with E-state index in [1.54, 1.807) is 5.51 Å². The third kappa shape index (κ3) is 3.75. The van der Waals surface area contributed by atoms with Gasteiger partial charge in [-0.2, -0.15) is 0 Å². The Morgan fingerprint density at radius 1 is 1.37 bits per heavy atom. The molecule has 0 aliphatic rings. The summed E-state index contributed by atoms with van der Waals surface area (Å²) in [4.78, 5) is 11.6. The number of rotatable bonds is 5. The molecule has 1 aromatic heterocycles. The lowest BCUT2D eigenvalue weighted by Crippen LogP contribution is -2.15. The van der Waals surface area contributed by atoms with Crippen LogP contribution in [0.25, 0.3) is 0 Å². The number of nitrogens with zero attached hydrogens (tertiary/aromatic N) is 2. The molecule has 0 unspecified atom stereocenters. The summed E-state index contributed by atoms with van der Waals surface area (Å²) >= 11 is 1.29. The van der Waals surface area contributed by atoms with E-state index in [1.165, 1.54) is 11.3 Å². The molecule has 5 nitrogen and oxygen atoms in total. The highest BCUT2D eigenvalue weighted by atomic mass is 32.1. The van der Waals surface area contributed by atoms with Crippen molar-refractivity contribution in [2.75, 3.05) is 11.9 Å². The van der Waals surface area contributed by atoms with Crippen LogP contribution < -0.4 is 10.1 Å². The van der Waals surface area contributed by atoms with E-state index >= 15 is 0 Å². The average molecular weight is 277 g/mol. The average Bonchev–Trinajstić information content (AvgIpc) is 2.85.